The molecule has 0 aliphatic carbocycles. The Hall–Kier alpha value is -1.75. The van der Waals surface area contributed by atoms with Crippen molar-refractivity contribution in [2.24, 2.45) is 5.84 Å². The second-order valence-corrected chi connectivity index (χ2v) is 7.92. The zero-order valence-corrected chi connectivity index (χ0v) is 14.0. The van der Waals surface area contributed by atoms with Crippen molar-refractivity contribution in [3.05, 3.63) is 34.2 Å². The van der Waals surface area contributed by atoms with Gasteiger partial charge in [0, 0.05) is 11.8 Å². The first-order valence-electron chi connectivity index (χ1n) is 6.70. The third-order valence-corrected chi connectivity index (χ3v) is 5.12. The first-order valence-corrected chi connectivity index (χ1v) is 9.43. The Morgan fingerprint density at radius 3 is 2.78 bits per heavy atom. The summed E-state index contributed by atoms with van der Waals surface area (Å²) < 4.78 is 22.8. The van der Waals surface area contributed by atoms with Gasteiger partial charge in [-0.15, -0.1) is 11.3 Å². The van der Waals surface area contributed by atoms with E-state index >= 15 is 0 Å². The van der Waals surface area contributed by atoms with Gasteiger partial charge in [-0.3, -0.25) is 9.59 Å². The molecule has 23 heavy (non-hydrogen) atoms. The Kier molecular flexibility index (Phi) is 5.19. The summed E-state index contributed by atoms with van der Waals surface area (Å²) >= 11 is 1.28. The van der Waals surface area contributed by atoms with Crippen LogP contribution in [0.4, 0.5) is 0 Å². The lowest BCUT2D eigenvalue weighted by molar-refractivity contribution is -0.123. The number of carbonyl (C=O) groups is 2. The molecule has 0 saturated heterocycles. The minimum Gasteiger partial charge on any atom is -0.374 e. The maximum absolute atomic E-state index is 12.1. The van der Waals surface area contributed by atoms with Gasteiger partial charge in [-0.1, -0.05) is 6.07 Å². The number of Topliss-reactive ketones (excluding diaryl/α,β-unsaturated/α-hetero) is 1. The van der Waals surface area contributed by atoms with Crippen molar-refractivity contribution in [3.63, 3.8) is 0 Å². The van der Waals surface area contributed by atoms with Crippen molar-refractivity contribution >= 4 is 33.1 Å². The Morgan fingerprint density at radius 1 is 1.52 bits per heavy atom. The smallest absolute Gasteiger partial charge is 0.279 e. The maximum atomic E-state index is 12.1. The number of thiophene rings is 1. The first kappa shape index (κ1) is 17.6. The highest BCUT2D eigenvalue weighted by Crippen LogP contribution is 2.22. The number of hydrazine groups is 1. The molecule has 1 aliphatic rings. The third-order valence-electron chi connectivity index (χ3n) is 3.33. The van der Waals surface area contributed by atoms with Crippen LogP contribution in [0.15, 0.2) is 29.3 Å². The lowest BCUT2D eigenvalue weighted by Gasteiger charge is -2.31. The molecule has 0 radical (unpaired) electrons. The number of ketones is 1. The van der Waals surface area contributed by atoms with E-state index in [1.54, 1.807) is 17.5 Å². The Morgan fingerprint density at radius 2 is 2.22 bits per heavy atom. The van der Waals surface area contributed by atoms with Gasteiger partial charge in [-0.2, -0.15) is 4.41 Å². The second-order valence-electron chi connectivity index (χ2n) is 5.11. The molecular weight excluding hydrogens is 342 g/mol. The van der Waals surface area contributed by atoms with E-state index < -0.39 is 22.2 Å². The van der Waals surface area contributed by atoms with E-state index in [1.807, 2.05) is 0 Å². The average molecular weight is 359 g/mol. The summed E-state index contributed by atoms with van der Waals surface area (Å²) in [7, 11) is -3.87. The van der Waals surface area contributed by atoms with Gasteiger partial charge in [0.15, 0.2) is 5.78 Å². The number of carbonyl (C=O) groups excluding carboxylic acids is 2. The molecule has 0 aromatic carbocycles. The summed E-state index contributed by atoms with van der Waals surface area (Å²) in [5.74, 6) is 4.23. The number of nitrogens with zero attached hydrogens (tertiary/aromatic N) is 2. The van der Waals surface area contributed by atoms with Crippen LogP contribution in [-0.2, 0) is 14.8 Å². The van der Waals surface area contributed by atoms with Gasteiger partial charge in [0.1, 0.15) is 6.23 Å². The minimum absolute atomic E-state index is 0.109. The van der Waals surface area contributed by atoms with Crippen molar-refractivity contribution in [1.29, 1.82) is 0 Å². The van der Waals surface area contributed by atoms with E-state index in [0.29, 0.717) is 4.88 Å². The van der Waals surface area contributed by atoms with Crippen LogP contribution in [0.3, 0.4) is 0 Å². The molecule has 1 unspecified atom stereocenters. The fourth-order valence-electron chi connectivity index (χ4n) is 2.09. The van der Waals surface area contributed by atoms with Crippen LogP contribution < -0.4 is 5.84 Å². The van der Waals surface area contributed by atoms with E-state index in [9.17, 15) is 23.1 Å². The largest absolute Gasteiger partial charge is 0.374 e. The van der Waals surface area contributed by atoms with Gasteiger partial charge < -0.3 is 10.0 Å². The third kappa shape index (κ3) is 4.16. The van der Waals surface area contributed by atoms with Gasteiger partial charge >= 0.3 is 0 Å². The van der Waals surface area contributed by atoms with Crippen molar-refractivity contribution in [3.8, 4) is 0 Å². The van der Waals surface area contributed by atoms with Crippen molar-refractivity contribution < 1.29 is 23.1 Å². The van der Waals surface area contributed by atoms with Crippen molar-refractivity contribution in [2.75, 3.05) is 12.8 Å². The Bertz CT molecular complexity index is 727. The second kappa shape index (κ2) is 6.79. The molecule has 1 amide bonds. The molecule has 0 saturated carbocycles. The lowest BCUT2D eigenvalue weighted by Crippen LogP contribution is -2.45. The zero-order chi connectivity index (χ0) is 17.2. The SMILES string of the molecule is CS(=O)(=O)N(N)C(=O)C1=CN(CC(=O)c2cccs2)C(O)CC1. The number of hydrogen-bond acceptors (Lipinski definition) is 8. The molecule has 2 rings (SSSR count). The maximum Gasteiger partial charge on any atom is 0.279 e. The van der Waals surface area contributed by atoms with Gasteiger partial charge in [-0.25, -0.2) is 14.3 Å². The van der Waals surface area contributed by atoms with E-state index in [1.165, 1.54) is 22.4 Å². The molecule has 2 heterocycles. The van der Waals surface area contributed by atoms with Crippen LogP contribution in [0.2, 0.25) is 0 Å². The summed E-state index contributed by atoms with van der Waals surface area (Å²) in [6.45, 7) is -0.109. The van der Waals surface area contributed by atoms with Gasteiger partial charge in [0.2, 0.25) is 10.0 Å². The summed E-state index contributed by atoms with van der Waals surface area (Å²) in [4.78, 5) is 26.0. The zero-order valence-electron chi connectivity index (χ0n) is 12.4. The number of aliphatic hydroxyl groups is 1. The van der Waals surface area contributed by atoms with Crippen LogP contribution in [0.1, 0.15) is 22.5 Å². The molecule has 8 nitrogen and oxygen atoms in total. The standard InChI is InChI=1S/C13H17N3O5S2/c1-23(20,21)16(14)13(19)9-4-5-12(18)15(7-9)8-10(17)11-3-2-6-22-11/h2-3,6-7,12,18H,4-5,8,14H2,1H3. The molecule has 1 aliphatic heterocycles. The Balaban J connectivity index is 2.16. The van der Waals surface area contributed by atoms with Crippen molar-refractivity contribution in [2.45, 2.75) is 19.1 Å². The van der Waals surface area contributed by atoms with Crippen molar-refractivity contribution in [1.82, 2.24) is 9.31 Å². The van der Waals surface area contributed by atoms with E-state index in [-0.39, 0.29) is 35.2 Å². The molecule has 0 spiro atoms. The van der Waals surface area contributed by atoms with Crippen LogP contribution >= 0.6 is 11.3 Å². The number of rotatable bonds is 5. The first-order chi connectivity index (χ1) is 10.7. The quantitative estimate of drug-likeness (QED) is 0.326. The number of hydrogen-bond donors (Lipinski definition) is 2. The highest BCUT2D eigenvalue weighted by Gasteiger charge is 2.29. The summed E-state index contributed by atoms with van der Waals surface area (Å²) in [6, 6.07) is 3.41. The van der Waals surface area contributed by atoms with E-state index in [2.05, 4.69) is 0 Å². The van der Waals surface area contributed by atoms with Crippen LogP contribution in [0.25, 0.3) is 0 Å². The van der Waals surface area contributed by atoms with E-state index in [0.717, 1.165) is 6.26 Å². The molecule has 1 aromatic heterocycles. The van der Waals surface area contributed by atoms with Gasteiger partial charge in [-0.05, 0) is 24.3 Å². The molecule has 1 aromatic rings. The number of amides is 1. The van der Waals surface area contributed by atoms with E-state index in [4.69, 9.17) is 5.84 Å². The summed E-state index contributed by atoms with van der Waals surface area (Å²) in [5.41, 5.74) is 0.127. The predicted octanol–water partition coefficient (Wildman–Crippen LogP) is -0.109. The fourth-order valence-corrected chi connectivity index (χ4v) is 3.16. The minimum atomic E-state index is -3.87. The van der Waals surface area contributed by atoms with Crippen LogP contribution in [0, 0.1) is 0 Å². The Labute approximate surface area is 137 Å². The number of sulfonamides is 1. The normalized spacial score (nSPS) is 18.5. The number of aliphatic hydroxyl groups excluding tert-OH is 1. The summed E-state index contributed by atoms with van der Waals surface area (Å²) in [6.07, 6.45) is 1.58. The molecule has 10 heteroatoms. The lowest BCUT2D eigenvalue weighted by atomic mass is 10.1. The highest BCUT2D eigenvalue weighted by molar-refractivity contribution is 7.88. The molecule has 0 fully saturated rings. The molecule has 0 bridgehead atoms. The topological polar surface area (TPSA) is 121 Å². The number of nitrogens with two attached hydrogens (primary N) is 1. The molecular formula is C13H17N3O5S2. The monoisotopic (exact) mass is 359 g/mol. The molecule has 1 atom stereocenters. The van der Waals surface area contributed by atoms with Crippen LogP contribution in [0.5, 0.6) is 0 Å². The predicted molar refractivity (Wildman–Crippen MR) is 84.6 cm³/mol. The molecule has 126 valence electrons. The summed E-state index contributed by atoms with van der Waals surface area (Å²) in [5, 5.41) is 11.7. The van der Waals surface area contributed by atoms with Gasteiger partial charge in [0.05, 0.1) is 17.7 Å². The van der Waals surface area contributed by atoms with Gasteiger partial charge in [0.25, 0.3) is 5.91 Å². The average Bonchev–Trinajstić information content (AvgIpc) is 3.01. The molecule has 3 N–H and O–H groups in total. The van der Waals surface area contributed by atoms with Crippen LogP contribution in [-0.4, -0.2) is 53.6 Å². The highest BCUT2D eigenvalue weighted by atomic mass is 32.2. The fraction of sp³-hybridized carbons (Fsp3) is 0.385.